The van der Waals surface area contributed by atoms with Crippen molar-refractivity contribution in [3.05, 3.63) is 47.1 Å². The summed E-state index contributed by atoms with van der Waals surface area (Å²) in [6, 6.07) is 0. The van der Waals surface area contributed by atoms with Gasteiger partial charge in [0.05, 0.1) is 5.92 Å². The van der Waals surface area contributed by atoms with Gasteiger partial charge in [-0.1, -0.05) is 30.7 Å². The minimum absolute atomic E-state index is 0.172. The van der Waals surface area contributed by atoms with E-state index in [1.807, 2.05) is 26.8 Å². The van der Waals surface area contributed by atoms with Gasteiger partial charge in [-0.15, -0.1) is 0 Å². The molecule has 1 aliphatic carbocycles. The molecular weight excluding hydrogens is 348 g/mol. The van der Waals surface area contributed by atoms with Crippen molar-refractivity contribution in [2.24, 2.45) is 5.92 Å². The van der Waals surface area contributed by atoms with Gasteiger partial charge in [-0.25, -0.2) is 14.4 Å². The lowest BCUT2D eigenvalue weighted by Gasteiger charge is -2.27. The van der Waals surface area contributed by atoms with Crippen LogP contribution in [-0.2, 0) is 23.9 Å². The number of esters is 2. The summed E-state index contributed by atoms with van der Waals surface area (Å²) in [5.74, 6) is -2.75. The van der Waals surface area contributed by atoms with E-state index < -0.39 is 36.0 Å². The Balaban J connectivity index is 2.41. The number of rotatable bonds is 4. The maximum atomic E-state index is 12.3. The first kappa shape index (κ1) is 20.7. The van der Waals surface area contributed by atoms with Crippen molar-refractivity contribution in [1.29, 1.82) is 0 Å². The lowest BCUT2D eigenvalue weighted by atomic mass is 9.85. The van der Waals surface area contributed by atoms with Crippen LogP contribution in [0, 0.1) is 5.92 Å². The molecule has 0 saturated carbocycles. The number of aliphatic carboxylic acids is 1. The predicted octanol–water partition coefficient (Wildman–Crippen LogP) is 3.49. The lowest BCUT2D eigenvalue weighted by molar-refractivity contribution is -0.146. The summed E-state index contributed by atoms with van der Waals surface area (Å²) < 4.78 is 11.0. The standard InChI is InChI=1S/C21H26O6/c1-5-12(2)10-18(22)26-16-9-13(3)7-6-8-15(20(23)24)11-17-19(16)14(4)21(25)27-17/h7,10-11,16-17,19H,4-6,8-9H2,1-3H3,(H,23,24)/b12-10+,13-7+,15-11-/t16-,17-,19-/m1/s1. The Bertz CT molecular complexity index is 740. The molecule has 2 aliphatic rings. The summed E-state index contributed by atoms with van der Waals surface area (Å²) in [5.41, 5.74) is 2.21. The molecule has 0 spiro atoms. The molecule has 146 valence electrons. The second kappa shape index (κ2) is 8.84. The Kier molecular flexibility index (Phi) is 6.77. The van der Waals surface area contributed by atoms with Crippen molar-refractivity contribution < 1.29 is 29.0 Å². The minimum atomic E-state index is -1.05. The summed E-state index contributed by atoms with van der Waals surface area (Å²) >= 11 is 0. The van der Waals surface area contributed by atoms with E-state index in [-0.39, 0.29) is 11.1 Å². The van der Waals surface area contributed by atoms with Crippen LogP contribution in [0.5, 0.6) is 0 Å². The Hall–Kier alpha value is -2.63. The summed E-state index contributed by atoms with van der Waals surface area (Å²) in [6.07, 6.45) is 5.39. The van der Waals surface area contributed by atoms with Crippen molar-refractivity contribution >= 4 is 17.9 Å². The van der Waals surface area contributed by atoms with Gasteiger partial charge in [0.2, 0.25) is 0 Å². The maximum absolute atomic E-state index is 12.3. The van der Waals surface area contributed by atoms with E-state index in [0.29, 0.717) is 19.3 Å². The smallest absolute Gasteiger partial charge is 0.334 e. The Morgan fingerprint density at radius 1 is 1.44 bits per heavy atom. The second-order valence-electron chi connectivity index (χ2n) is 7.03. The maximum Gasteiger partial charge on any atom is 0.334 e. The molecule has 3 atom stereocenters. The molecule has 0 radical (unpaired) electrons. The van der Waals surface area contributed by atoms with Gasteiger partial charge in [0.15, 0.2) is 0 Å². The molecule has 0 aromatic heterocycles. The molecule has 1 fully saturated rings. The molecule has 0 bridgehead atoms. The fraction of sp³-hybridized carbons (Fsp3) is 0.476. The van der Waals surface area contributed by atoms with Gasteiger partial charge in [-0.2, -0.15) is 0 Å². The first-order valence-corrected chi connectivity index (χ1v) is 9.10. The monoisotopic (exact) mass is 374 g/mol. The number of carbonyl (C=O) groups excluding carboxylic acids is 2. The lowest BCUT2D eigenvalue weighted by Crippen LogP contribution is -2.33. The molecule has 1 N–H and O–H groups in total. The van der Waals surface area contributed by atoms with Crippen LogP contribution in [-0.4, -0.2) is 35.2 Å². The summed E-state index contributed by atoms with van der Waals surface area (Å²) in [6.45, 7) is 9.47. The molecule has 2 rings (SSSR count). The molecule has 6 nitrogen and oxygen atoms in total. The third kappa shape index (κ3) is 5.18. The van der Waals surface area contributed by atoms with Crippen LogP contribution in [0.25, 0.3) is 0 Å². The fourth-order valence-corrected chi connectivity index (χ4v) is 3.24. The van der Waals surface area contributed by atoms with Crippen molar-refractivity contribution in [3.8, 4) is 0 Å². The normalized spacial score (nSPS) is 30.3. The van der Waals surface area contributed by atoms with E-state index in [2.05, 4.69) is 6.58 Å². The zero-order chi connectivity index (χ0) is 20.1. The molecule has 0 aromatic rings. The van der Waals surface area contributed by atoms with Gasteiger partial charge in [0.1, 0.15) is 12.2 Å². The number of hydrogen-bond acceptors (Lipinski definition) is 5. The van der Waals surface area contributed by atoms with Crippen LogP contribution in [0.3, 0.4) is 0 Å². The Labute approximate surface area is 159 Å². The molecular formula is C21H26O6. The molecule has 0 aromatic carbocycles. The van der Waals surface area contributed by atoms with Crippen LogP contribution < -0.4 is 0 Å². The molecule has 27 heavy (non-hydrogen) atoms. The first-order chi connectivity index (χ1) is 12.7. The van der Waals surface area contributed by atoms with Crippen molar-refractivity contribution in [2.45, 2.75) is 58.7 Å². The molecule has 6 heteroatoms. The molecule has 0 amide bonds. The van der Waals surface area contributed by atoms with Gasteiger partial charge < -0.3 is 14.6 Å². The van der Waals surface area contributed by atoms with Crippen LogP contribution in [0.2, 0.25) is 0 Å². The molecule has 0 unspecified atom stereocenters. The number of carbonyl (C=O) groups is 3. The average Bonchev–Trinajstić information content (AvgIpc) is 2.86. The van der Waals surface area contributed by atoms with Crippen molar-refractivity contribution in [1.82, 2.24) is 0 Å². The van der Waals surface area contributed by atoms with Crippen LogP contribution in [0.4, 0.5) is 0 Å². The average molecular weight is 374 g/mol. The van der Waals surface area contributed by atoms with Gasteiger partial charge in [0, 0.05) is 23.6 Å². The quantitative estimate of drug-likeness (QED) is 0.460. The molecule has 1 saturated heterocycles. The highest BCUT2D eigenvalue weighted by Crippen LogP contribution is 2.36. The molecule has 1 heterocycles. The summed E-state index contributed by atoms with van der Waals surface area (Å²) in [4.78, 5) is 35.9. The molecule has 1 aliphatic heterocycles. The summed E-state index contributed by atoms with van der Waals surface area (Å²) in [5, 5.41) is 9.43. The highest BCUT2D eigenvalue weighted by atomic mass is 16.6. The Morgan fingerprint density at radius 2 is 2.15 bits per heavy atom. The van der Waals surface area contributed by atoms with Gasteiger partial charge in [-0.05, 0) is 39.2 Å². The van der Waals surface area contributed by atoms with E-state index in [9.17, 15) is 19.5 Å². The predicted molar refractivity (Wildman–Crippen MR) is 99.8 cm³/mol. The topological polar surface area (TPSA) is 89.9 Å². The highest BCUT2D eigenvalue weighted by molar-refractivity contribution is 5.92. The van der Waals surface area contributed by atoms with E-state index in [4.69, 9.17) is 9.47 Å². The van der Waals surface area contributed by atoms with Gasteiger partial charge >= 0.3 is 17.9 Å². The third-order valence-corrected chi connectivity index (χ3v) is 4.92. The highest BCUT2D eigenvalue weighted by Gasteiger charge is 2.44. The third-order valence-electron chi connectivity index (χ3n) is 4.92. The van der Waals surface area contributed by atoms with Crippen LogP contribution in [0.15, 0.2) is 47.1 Å². The zero-order valence-electron chi connectivity index (χ0n) is 16.0. The van der Waals surface area contributed by atoms with Crippen molar-refractivity contribution in [2.75, 3.05) is 0 Å². The number of carboxylic acid groups (broad SMARTS) is 1. The number of hydrogen-bond donors (Lipinski definition) is 1. The van der Waals surface area contributed by atoms with E-state index >= 15 is 0 Å². The van der Waals surface area contributed by atoms with Crippen LogP contribution in [0.1, 0.15) is 46.5 Å². The first-order valence-electron chi connectivity index (χ1n) is 9.10. The van der Waals surface area contributed by atoms with E-state index in [1.165, 1.54) is 12.2 Å². The largest absolute Gasteiger partial charge is 0.478 e. The number of carboxylic acids is 1. The Morgan fingerprint density at radius 3 is 2.78 bits per heavy atom. The SMILES string of the molecule is C=C1C(=O)O[C@@H]2/C=C(\C(=O)O)CC/C=C(\C)C[C@@H](OC(=O)/C=C(\C)CC)[C@@H]12. The zero-order valence-corrected chi connectivity index (χ0v) is 16.0. The number of ether oxygens (including phenoxy) is 2. The number of allylic oxidation sites excluding steroid dienone is 2. The number of fused-ring (bicyclic) bond motifs is 1. The van der Waals surface area contributed by atoms with E-state index in [1.54, 1.807) is 0 Å². The second-order valence-corrected chi connectivity index (χ2v) is 7.03. The van der Waals surface area contributed by atoms with Crippen molar-refractivity contribution in [3.63, 3.8) is 0 Å². The van der Waals surface area contributed by atoms with E-state index in [0.717, 1.165) is 17.6 Å². The minimum Gasteiger partial charge on any atom is -0.478 e. The fourth-order valence-electron chi connectivity index (χ4n) is 3.24. The van der Waals surface area contributed by atoms with Gasteiger partial charge in [0.25, 0.3) is 0 Å². The summed E-state index contributed by atoms with van der Waals surface area (Å²) in [7, 11) is 0. The van der Waals surface area contributed by atoms with Gasteiger partial charge in [-0.3, -0.25) is 0 Å². The van der Waals surface area contributed by atoms with Crippen LogP contribution >= 0.6 is 0 Å².